The number of hydrogen-bond donors (Lipinski definition) is 2. The minimum atomic E-state index is -0.484. The number of hydrogen-bond acceptors (Lipinski definition) is 5. The van der Waals surface area contributed by atoms with Crippen LogP contribution in [0.5, 0.6) is 5.75 Å². The summed E-state index contributed by atoms with van der Waals surface area (Å²) in [4.78, 5) is 17.8. The van der Waals surface area contributed by atoms with Gasteiger partial charge in [0.15, 0.2) is 0 Å². The van der Waals surface area contributed by atoms with Crippen molar-refractivity contribution in [3.63, 3.8) is 0 Å². The summed E-state index contributed by atoms with van der Waals surface area (Å²) in [5.74, 6) is 1.02. The molecule has 1 atom stereocenters. The summed E-state index contributed by atoms with van der Waals surface area (Å²) in [5.41, 5.74) is 4.80. The zero-order chi connectivity index (χ0) is 24.4. The van der Waals surface area contributed by atoms with Crippen LogP contribution < -0.4 is 15.4 Å². The second-order valence-electron chi connectivity index (χ2n) is 8.37. The van der Waals surface area contributed by atoms with Gasteiger partial charge < -0.3 is 15.4 Å². The van der Waals surface area contributed by atoms with E-state index in [2.05, 4.69) is 20.7 Å². The Morgan fingerprint density at radius 3 is 2.74 bits per heavy atom. The normalized spacial score (nSPS) is 14.8. The molecular formula is C27H24ClN5O2. The number of amides is 1. The van der Waals surface area contributed by atoms with Crippen LogP contribution >= 0.6 is 11.6 Å². The molecule has 1 aliphatic rings. The van der Waals surface area contributed by atoms with Gasteiger partial charge in [0, 0.05) is 22.0 Å². The number of rotatable bonds is 6. The van der Waals surface area contributed by atoms with E-state index in [9.17, 15) is 4.79 Å². The van der Waals surface area contributed by atoms with E-state index in [4.69, 9.17) is 16.3 Å². The molecule has 0 saturated carbocycles. The summed E-state index contributed by atoms with van der Waals surface area (Å²) in [6.07, 6.45) is 1.47. The lowest BCUT2D eigenvalue weighted by atomic mass is 9.94. The van der Waals surface area contributed by atoms with Gasteiger partial charge in [-0.2, -0.15) is 10.1 Å². The molecule has 0 saturated heterocycles. The zero-order valence-electron chi connectivity index (χ0n) is 19.3. The average Bonchev–Trinajstić information content (AvgIpc) is 3.31. The number of anilines is 2. The summed E-state index contributed by atoms with van der Waals surface area (Å²) in [6, 6.07) is 22.5. The van der Waals surface area contributed by atoms with E-state index in [0.717, 1.165) is 22.4 Å². The van der Waals surface area contributed by atoms with Gasteiger partial charge in [-0.3, -0.25) is 4.79 Å². The predicted molar refractivity (Wildman–Crippen MR) is 137 cm³/mol. The fraction of sp³-hybridized carbons (Fsp3) is 0.148. The third-order valence-corrected chi connectivity index (χ3v) is 6.21. The SMILES string of the molecule is CC1=C(C(=O)Nc2cccc(C)c2)C(c2cccc(OCc3ccccc3Cl)c2)n2ncnc2N1. The average molecular weight is 486 g/mol. The highest BCUT2D eigenvalue weighted by atomic mass is 35.5. The minimum absolute atomic E-state index is 0.214. The summed E-state index contributed by atoms with van der Waals surface area (Å²) in [6.45, 7) is 4.19. The lowest BCUT2D eigenvalue weighted by Gasteiger charge is -2.29. The highest BCUT2D eigenvalue weighted by molar-refractivity contribution is 6.31. The second kappa shape index (κ2) is 9.64. The first-order valence-corrected chi connectivity index (χ1v) is 11.6. The van der Waals surface area contributed by atoms with Gasteiger partial charge in [0.25, 0.3) is 5.91 Å². The molecule has 3 aromatic carbocycles. The molecule has 1 unspecified atom stereocenters. The van der Waals surface area contributed by atoms with Gasteiger partial charge in [-0.1, -0.05) is 54.1 Å². The minimum Gasteiger partial charge on any atom is -0.489 e. The van der Waals surface area contributed by atoms with Crippen LogP contribution in [-0.4, -0.2) is 20.7 Å². The molecule has 8 heteroatoms. The second-order valence-corrected chi connectivity index (χ2v) is 8.78. The quantitative estimate of drug-likeness (QED) is 0.363. The number of aryl methyl sites for hydroxylation is 1. The molecule has 35 heavy (non-hydrogen) atoms. The van der Waals surface area contributed by atoms with Crippen molar-refractivity contribution >= 4 is 29.1 Å². The number of carbonyl (C=O) groups excluding carboxylic acids is 1. The maximum absolute atomic E-state index is 13.5. The first-order chi connectivity index (χ1) is 17.0. The number of ether oxygens (including phenoxy) is 1. The van der Waals surface area contributed by atoms with Gasteiger partial charge in [0.2, 0.25) is 5.95 Å². The van der Waals surface area contributed by atoms with Gasteiger partial charge in [0.1, 0.15) is 24.7 Å². The van der Waals surface area contributed by atoms with Crippen molar-refractivity contribution in [1.82, 2.24) is 14.8 Å². The molecule has 2 heterocycles. The highest BCUT2D eigenvalue weighted by Gasteiger charge is 2.33. The standard InChI is InChI=1S/C27H24ClN5O2/c1-17-7-5-10-21(13-17)32-26(34)24-18(2)31-27-29-16-30-33(27)25(24)19-9-6-11-22(14-19)35-15-20-8-3-4-12-23(20)28/h3-14,16,25H,15H2,1-2H3,(H,32,34)(H,29,30,31). The molecule has 0 aliphatic carbocycles. The van der Waals surface area contributed by atoms with Crippen molar-refractivity contribution in [2.24, 2.45) is 0 Å². The van der Waals surface area contributed by atoms with Crippen molar-refractivity contribution < 1.29 is 9.53 Å². The molecule has 4 aromatic rings. The van der Waals surface area contributed by atoms with E-state index in [0.29, 0.717) is 34.6 Å². The summed E-state index contributed by atoms with van der Waals surface area (Å²) in [5, 5.41) is 11.3. The van der Waals surface area contributed by atoms with Crippen molar-refractivity contribution in [1.29, 1.82) is 0 Å². The monoisotopic (exact) mass is 485 g/mol. The molecule has 0 radical (unpaired) electrons. The summed E-state index contributed by atoms with van der Waals surface area (Å²) in [7, 11) is 0. The first kappa shape index (κ1) is 22.7. The van der Waals surface area contributed by atoms with Crippen molar-refractivity contribution in [2.75, 3.05) is 10.6 Å². The Hall–Kier alpha value is -4.10. The Morgan fingerprint density at radius 1 is 1.09 bits per heavy atom. The third-order valence-electron chi connectivity index (χ3n) is 5.84. The molecule has 1 aromatic heterocycles. The van der Waals surface area contributed by atoms with E-state index >= 15 is 0 Å². The van der Waals surface area contributed by atoms with Crippen molar-refractivity contribution in [2.45, 2.75) is 26.5 Å². The maximum atomic E-state index is 13.5. The largest absolute Gasteiger partial charge is 0.489 e. The molecule has 1 aliphatic heterocycles. The van der Waals surface area contributed by atoms with Crippen LogP contribution in [0.1, 0.15) is 29.7 Å². The Kier molecular flexibility index (Phi) is 6.25. The number of fused-ring (bicyclic) bond motifs is 1. The van der Waals surface area contributed by atoms with Gasteiger partial charge in [-0.25, -0.2) is 4.68 Å². The van der Waals surface area contributed by atoms with Crippen LogP contribution in [0.25, 0.3) is 0 Å². The number of benzene rings is 3. The molecule has 0 spiro atoms. The van der Waals surface area contributed by atoms with E-state index < -0.39 is 6.04 Å². The first-order valence-electron chi connectivity index (χ1n) is 11.2. The molecule has 5 rings (SSSR count). The lowest BCUT2D eigenvalue weighted by molar-refractivity contribution is -0.113. The highest BCUT2D eigenvalue weighted by Crippen LogP contribution is 2.36. The Balaban J connectivity index is 1.47. The molecule has 0 bridgehead atoms. The molecule has 2 N–H and O–H groups in total. The molecule has 176 valence electrons. The Bertz CT molecular complexity index is 1430. The van der Waals surface area contributed by atoms with Crippen molar-refractivity contribution in [3.8, 4) is 5.75 Å². The zero-order valence-corrected chi connectivity index (χ0v) is 20.1. The van der Waals surface area contributed by atoms with E-state index in [1.807, 2.05) is 86.6 Å². The van der Waals surface area contributed by atoms with E-state index in [1.54, 1.807) is 4.68 Å². The number of halogens is 1. The topological polar surface area (TPSA) is 81.1 Å². The lowest BCUT2D eigenvalue weighted by Crippen LogP contribution is -2.31. The number of nitrogens with one attached hydrogen (secondary N) is 2. The fourth-order valence-corrected chi connectivity index (χ4v) is 4.36. The Morgan fingerprint density at radius 2 is 1.91 bits per heavy atom. The van der Waals surface area contributed by atoms with Crippen LogP contribution in [0.15, 0.2) is 90.4 Å². The van der Waals surface area contributed by atoms with Crippen molar-refractivity contribution in [3.05, 3.63) is 112 Å². The molecular weight excluding hydrogens is 462 g/mol. The predicted octanol–water partition coefficient (Wildman–Crippen LogP) is 5.75. The van der Waals surface area contributed by atoms with Gasteiger partial charge in [-0.05, 0) is 55.3 Å². The summed E-state index contributed by atoms with van der Waals surface area (Å²) >= 11 is 6.28. The van der Waals surface area contributed by atoms with Gasteiger partial charge in [0.05, 0.1) is 5.57 Å². The van der Waals surface area contributed by atoms with Crippen LogP contribution in [0, 0.1) is 6.92 Å². The van der Waals surface area contributed by atoms with Gasteiger partial charge in [-0.15, -0.1) is 0 Å². The van der Waals surface area contributed by atoms with Gasteiger partial charge >= 0.3 is 0 Å². The smallest absolute Gasteiger partial charge is 0.255 e. The maximum Gasteiger partial charge on any atom is 0.255 e. The third kappa shape index (κ3) is 4.76. The van der Waals surface area contributed by atoms with E-state index in [-0.39, 0.29) is 5.91 Å². The van der Waals surface area contributed by atoms with E-state index in [1.165, 1.54) is 6.33 Å². The van der Waals surface area contributed by atoms with Crippen LogP contribution in [0.2, 0.25) is 5.02 Å². The summed E-state index contributed by atoms with van der Waals surface area (Å²) < 4.78 is 7.76. The van der Waals surface area contributed by atoms with Crippen LogP contribution in [0.4, 0.5) is 11.6 Å². The number of nitrogens with zero attached hydrogens (tertiary/aromatic N) is 3. The number of allylic oxidation sites excluding steroid dienone is 1. The van der Waals surface area contributed by atoms with Crippen LogP contribution in [-0.2, 0) is 11.4 Å². The number of aromatic nitrogens is 3. The molecule has 1 amide bonds. The molecule has 0 fully saturated rings. The fourth-order valence-electron chi connectivity index (χ4n) is 4.17. The molecule has 7 nitrogen and oxygen atoms in total. The number of carbonyl (C=O) groups is 1. The Labute approximate surface area is 208 Å². The van der Waals surface area contributed by atoms with Crippen LogP contribution in [0.3, 0.4) is 0 Å².